The summed E-state index contributed by atoms with van der Waals surface area (Å²) in [7, 11) is 0. The number of benzene rings is 3. The van der Waals surface area contributed by atoms with Crippen molar-refractivity contribution < 1.29 is 41.5 Å². The number of anilines is 1. The van der Waals surface area contributed by atoms with Gasteiger partial charge in [0.05, 0.1) is 17.1 Å². The summed E-state index contributed by atoms with van der Waals surface area (Å²) < 4.78 is 61.9. The lowest BCUT2D eigenvalue weighted by Gasteiger charge is -2.20. The monoisotopic (exact) mass is 678 g/mol. The lowest BCUT2D eigenvalue weighted by Crippen LogP contribution is -2.32. The van der Waals surface area contributed by atoms with Crippen molar-refractivity contribution in [2.24, 2.45) is 4.99 Å². The van der Waals surface area contributed by atoms with Crippen LogP contribution in [0.15, 0.2) is 78.0 Å². The number of amides is 3. The first-order valence-electron chi connectivity index (χ1n) is 13.3. The van der Waals surface area contributed by atoms with Gasteiger partial charge in [0, 0.05) is 10.6 Å². The van der Waals surface area contributed by atoms with E-state index >= 15 is 0 Å². The smallest absolute Gasteiger partial charge is 0.422 e. The Bertz CT molecular complexity index is 1740. The number of carbonyl (C=O) groups is 2. The molecule has 1 unspecified atom stereocenters. The number of nitrogens with one attached hydrogen (secondary N) is 1. The van der Waals surface area contributed by atoms with E-state index in [0.717, 1.165) is 16.7 Å². The molecule has 1 atom stereocenters. The molecule has 4 aromatic rings. The van der Waals surface area contributed by atoms with Crippen molar-refractivity contribution in [1.82, 2.24) is 20.2 Å². The summed E-state index contributed by atoms with van der Waals surface area (Å²) in [5, 5.41) is 4.50. The van der Waals surface area contributed by atoms with E-state index in [-0.39, 0.29) is 27.4 Å². The molecule has 0 saturated carbocycles. The second-order valence-electron chi connectivity index (χ2n) is 9.48. The van der Waals surface area contributed by atoms with Gasteiger partial charge in [0.2, 0.25) is 12.8 Å². The van der Waals surface area contributed by atoms with Gasteiger partial charge in [0.1, 0.15) is 23.9 Å². The van der Waals surface area contributed by atoms with Crippen LogP contribution in [0.25, 0.3) is 17.1 Å². The maximum atomic E-state index is 12.8. The van der Waals surface area contributed by atoms with Gasteiger partial charge in [-0.25, -0.2) is 24.3 Å². The number of aromatic nitrogens is 3. The molecule has 1 saturated heterocycles. The molecule has 5 rings (SSSR count). The number of alkyl halides is 4. The normalized spacial score (nSPS) is 14.9. The minimum Gasteiger partial charge on any atom is -0.482 e. The Morgan fingerprint density at radius 1 is 1.11 bits per heavy atom. The van der Waals surface area contributed by atoms with Gasteiger partial charge in [-0.15, -0.1) is 5.10 Å². The van der Waals surface area contributed by atoms with Gasteiger partial charge in [0.15, 0.2) is 17.6 Å². The third-order valence-electron chi connectivity index (χ3n) is 6.29. The van der Waals surface area contributed by atoms with Gasteiger partial charge in [-0.2, -0.15) is 18.2 Å². The molecule has 0 spiro atoms. The summed E-state index contributed by atoms with van der Waals surface area (Å²) in [6.07, 6.45) is -3.70. The maximum Gasteiger partial charge on any atom is 0.422 e. The average Bonchev–Trinajstić information content (AvgIpc) is 3.66. The number of amidine groups is 1. The predicted molar refractivity (Wildman–Crippen MR) is 162 cm³/mol. The van der Waals surface area contributed by atoms with Crippen LogP contribution in [0.4, 0.5) is 28.0 Å². The van der Waals surface area contributed by atoms with Crippen LogP contribution in [0, 0.1) is 0 Å². The molecule has 46 heavy (non-hydrogen) atoms. The van der Waals surface area contributed by atoms with E-state index in [0.29, 0.717) is 28.4 Å². The van der Waals surface area contributed by atoms with Crippen LogP contribution >= 0.6 is 23.4 Å². The average molecular weight is 679 g/mol. The molecule has 1 aromatic heterocycles. The van der Waals surface area contributed by atoms with Crippen molar-refractivity contribution in [3.05, 3.63) is 83.6 Å². The lowest BCUT2D eigenvalue weighted by atomic mass is 10.1. The summed E-state index contributed by atoms with van der Waals surface area (Å²) in [6.45, 7) is -0.832. The highest BCUT2D eigenvalue weighted by molar-refractivity contribution is 8.15. The number of hydroxylamine groups is 1. The van der Waals surface area contributed by atoms with E-state index in [9.17, 15) is 27.2 Å². The van der Waals surface area contributed by atoms with Crippen molar-refractivity contribution in [3.8, 4) is 28.6 Å². The third kappa shape index (κ3) is 8.13. The van der Waals surface area contributed by atoms with Crippen LogP contribution in [0.2, 0.25) is 5.02 Å². The highest BCUT2D eigenvalue weighted by Gasteiger charge is 2.34. The Kier molecular flexibility index (Phi) is 10.1. The molecule has 17 heteroatoms. The Balaban J connectivity index is 1.21. The number of nitrogens with zero attached hydrogens (tertiary/aromatic N) is 5. The molecule has 1 N–H and O–H groups in total. The number of hydrogen-bond acceptors (Lipinski definition) is 8. The molecule has 2 heterocycles. The Hall–Kier alpha value is -4.67. The zero-order valence-corrected chi connectivity index (χ0v) is 25.3. The first kappa shape index (κ1) is 32.7. The summed E-state index contributed by atoms with van der Waals surface area (Å²) in [5.74, 6) is -0.0739. The number of halogens is 5. The van der Waals surface area contributed by atoms with Gasteiger partial charge in [0.25, 0.3) is 0 Å². The summed E-state index contributed by atoms with van der Waals surface area (Å²) in [5.41, 5.74) is 4.22. The van der Waals surface area contributed by atoms with Crippen molar-refractivity contribution in [2.45, 2.75) is 19.2 Å². The van der Waals surface area contributed by atoms with Crippen molar-refractivity contribution in [2.75, 3.05) is 24.1 Å². The highest BCUT2D eigenvalue weighted by Crippen LogP contribution is 2.37. The van der Waals surface area contributed by atoms with E-state index < -0.39 is 37.7 Å². The number of hydrogen-bond donors (Lipinski definition) is 1. The first-order valence-corrected chi connectivity index (χ1v) is 14.7. The maximum absolute atomic E-state index is 12.8. The Labute approximate surface area is 268 Å². The number of ether oxygens (including phenoxy) is 2. The number of thioether (sulfide) groups is 1. The van der Waals surface area contributed by atoms with Crippen LogP contribution in [-0.4, -0.2) is 57.3 Å². The molecule has 1 aliphatic heterocycles. The van der Waals surface area contributed by atoms with Crippen LogP contribution in [0.3, 0.4) is 0 Å². The molecule has 0 radical (unpaired) electrons. The van der Waals surface area contributed by atoms with Crippen molar-refractivity contribution in [3.63, 3.8) is 0 Å². The van der Waals surface area contributed by atoms with Crippen LogP contribution < -0.4 is 19.9 Å². The summed E-state index contributed by atoms with van der Waals surface area (Å²) >= 11 is 6.94. The van der Waals surface area contributed by atoms with Gasteiger partial charge in [-0.3, -0.25) is 14.5 Å². The zero-order chi connectivity index (χ0) is 32.8. The fourth-order valence-electron chi connectivity index (χ4n) is 4.13. The second-order valence-corrected chi connectivity index (χ2v) is 10.9. The summed E-state index contributed by atoms with van der Waals surface area (Å²) in [6, 6.07) is 16.5. The molecule has 1 fully saturated rings. The summed E-state index contributed by atoms with van der Waals surface area (Å²) in [4.78, 5) is 39.9. The molecular weight excluding hydrogens is 656 g/mol. The SMILES string of the molecule is CC(ONC(=O)/N=C1\SCC(=O)N1c1cc(Cl)ccc1OCC(F)(F)F)c1ccc(-c2ncn(-c3ccc(OCF)cc3)n2)cc1. The first-order chi connectivity index (χ1) is 22.0. The molecule has 1 aliphatic rings. The Morgan fingerprint density at radius 2 is 1.85 bits per heavy atom. The minimum absolute atomic E-state index is 0.0897. The minimum atomic E-state index is -4.62. The van der Waals surface area contributed by atoms with Crippen LogP contribution in [0.1, 0.15) is 18.6 Å². The standard InChI is InChI=1S/C29H23ClF4N6O5S/c1-17(18-2-4-19(5-3-18)26-35-16-39(37-26)21-7-9-22(10-8-21)44-15-31)45-38-27(42)36-28-40(25(41)13-46-28)23-12-20(30)6-11-24(23)43-14-29(32,33)34/h2-12,16-17H,13-15H2,1H3,(H,38,42)/b36-28-. The highest BCUT2D eigenvalue weighted by atomic mass is 35.5. The lowest BCUT2D eigenvalue weighted by molar-refractivity contribution is -0.153. The molecule has 3 amide bonds. The van der Waals surface area contributed by atoms with Gasteiger partial charge < -0.3 is 9.47 Å². The van der Waals surface area contributed by atoms with E-state index in [1.807, 2.05) is 0 Å². The third-order valence-corrected chi connectivity index (χ3v) is 7.45. The number of carbonyl (C=O) groups excluding carboxylic acids is 2. The zero-order valence-electron chi connectivity index (χ0n) is 23.7. The predicted octanol–water partition coefficient (Wildman–Crippen LogP) is 6.67. The molecule has 240 valence electrons. The van der Waals surface area contributed by atoms with Crippen LogP contribution in [-0.2, 0) is 9.63 Å². The van der Waals surface area contributed by atoms with Gasteiger partial charge in [-0.1, -0.05) is 47.6 Å². The second kappa shape index (κ2) is 14.2. The topological polar surface area (TPSA) is 120 Å². The van der Waals surface area contributed by atoms with E-state index in [4.69, 9.17) is 25.9 Å². The quantitative estimate of drug-likeness (QED) is 0.146. The fourth-order valence-corrected chi connectivity index (χ4v) is 5.15. The molecule has 0 bridgehead atoms. The molecular formula is C29H23ClF4N6O5S. The fraction of sp³-hybridized carbons (Fsp3) is 0.207. The van der Waals surface area contributed by atoms with E-state index in [2.05, 4.69) is 20.6 Å². The number of urea groups is 1. The van der Waals surface area contributed by atoms with Crippen molar-refractivity contribution in [1.29, 1.82) is 0 Å². The number of aliphatic imine (C=N–C) groups is 1. The largest absolute Gasteiger partial charge is 0.482 e. The molecule has 0 aliphatic carbocycles. The molecule has 11 nitrogen and oxygen atoms in total. The Morgan fingerprint density at radius 3 is 2.54 bits per heavy atom. The van der Waals surface area contributed by atoms with E-state index in [1.165, 1.54) is 24.5 Å². The van der Waals surface area contributed by atoms with Crippen LogP contribution in [0.5, 0.6) is 11.5 Å². The van der Waals surface area contributed by atoms with E-state index in [1.54, 1.807) is 60.1 Å². The van der Waals surface area contributed by atoms with Crippen molar-refractivity contribution >= 4 is 46.2 Å². The van der Waals surface area contributed by atoms with Gasteiger partial charge in [-0.05, 0) is 55.0 Å². The van der Waals surface area contributed by atoms with Gasteiger partial charge >= 0.3 is 12.2 Å². The number of rotatable bonds is 10. The molecule has 3 aromatic carbocycles.